The molecule has 0 aliphatic heterocycles. The van der Waals surface area contributed by atoms with Crippen LogP contribution >= 0.6 is 0 Å². The van der Waals surface area contributed by atoms with Crippen molar-refractivity contribution in [3.8, 4) is 16.9 Å². The predicted molar refractivity (Wildman–Crippen MR) is 106 cm³/mol. The van der Waals surface area contributed by atoms with Crippen LogP contribution in [0.2, 0.25) is 0 Å². The van der Waals surface area contributed by atoms with E-state index in [0.29, 0.717) is 34.8 Å². The van der Waals surface area contributed by atoms with Crippen LogP contribution in [0, 0.1) is 11.7 Å². The first-order valence-electron chi connectivity index (χ1n) is 9.00. The van der Waals surface area contributed by atoms with Gasteiger partial charge in [-0.25, -0.2) is 12.8 Å². The molecule has 146 valence electrons. The van der Waals surface area contributed by atoms with Gasteiger partial charge in [-0.1, -0.05) is 6.07 Å². The molecular weight excluding hydrogens is 381 g/mol. The fraction of sp³-hybridized carbons (Fsp3) is 0.286. The van der Waals surface area contributed by atoms with Gasteiger partial charge in [-0.05, 0) is 54.5 Å². The van der Waals surface area contributed by atoms with E-state index in [-0.39, 0.29) is 15.8 Å². The van der Waals surface area contributed by atoms with Gasteiger partial charge >= 0.3 is 0 Å². The summed E-state index contributed by atoms with van der Waals surface area (Å²) in [5.41, 5.74) is 0.863. The molecule has 0 spiro atoms. The summed E-state index contributed by atoms with van der Waals surface area (Å²) in [6, 6.07) is 8.75. The van der Waals surface area contributed by atoms with E-state index in [9.17, 15) is 17.6 Å². The summed E-state index contributed by atoms with van der Waals surface area (Å²) in [7, 11) is -1.85. The van der Waals surface area contributed by atoms with Gasteiger partial charge < -0.3 is 9.30 Å². The van der Waals surface area contributed by atoms with Crippen molar-refractivity contribution in [3.63, 3.8) is 0 Å². The van der Waals surface area contributed by atoms with Gasteiger partial charge in [0.25, 0.3) is 5.56 Å². The monoisotopic (exact) mass is 401 g/mol. The lowest BCUT2D eigenvalue weighted by atomic mass is 9.99. The molecule has 0 N–H and O–H groups in total. The van der Waals surface area contributed by atoms with E-state index in [1.165, 1.54) is 22.8 Å². The smallest absolute Gasteiger partial charge is 0.258 e. The minimum atomic E-state index is -3.43. The molecule has 2 aromatic carbocycles. The van der Waals surface area contributed by atoms with Gasteiger partial charge in [0.2, 0.25) is 0 Å². The minimum absolute atomic E-state index is 0.158. The molecule has 1 aromatic heterocycles. The molecule has 1 aliphatic rings. The van der Waals surface area contributed by atoms with Crippen LogP contribution in [-0.2, 0) is 16.9 Å². The molecule has 7 heteroatoms. The lowest BCUT2D eigenvalue weighted by Gasteiger charge is -2.16. The first kappa shape index (κ1) is 18.7. The first-order chi connectivity index (χ1) is 13.2. The standard InChI is InChI=1S/C21H20FNO4S/c1-23-11-19(16-7-5-14(22)9-18(16)21(23)24)17-10-15(28(2,25)26)6-8-20(17)27-12-13-3-4-13/h5-11,13H,3-4,12H2,1-2H3. The number of rotatable bonds is 5. The van der Waals surface area contributed by atoms with Crippen molar-refractivity contribution in [3.05, 3.63) is 58.8 Å². The Kier molecular flexibility index (Phi) is 4.50. The molecule has 1 fully saturated rings. The highest BCUT2D eigenvalue weighted by Crippen LogP contribution is 2.37. The Balaban J connectivity index is 1.98. The largest absolute Gasteiger partial charge is 0.493 e. The summed E-state index contributed by atoms with van der Waals surface area (Å²) in [5.74, 6) is 0.564. The average Bonchev–Trinajstić information content (AvgIpc) is 3.47. The van der Waals surface area contributed by atoms with E-state index in [1.807, 2.05) is 0 Å². The van der Waals surface area contributed by atoms with E-state index >= 15 is 0 Å². The number of nitrogens with zero attached hydrogens (tertiary/aromatic N) is 1. The van der Waals surface area contributed by atoms with Crippen LogP contribution in [-0.4, -0.2) is 25.8 Å². The number of halogens is 1. The van der Waals surface area contributed by atoms with E-state index in [2.05, 4.69) is 0 Å². The second-order valence-corrected chi connectivity index (χ2v) is 9.35. The van der Waals surface area contributed by atoms with E-state index in [1.54, 1.807) is 31.4 Å². The van der Waals surface area contributed by atoms with Crippen LogP contribution in [0.1, 0.15) is 12.8 Å². The summed E-state index contributed by atoms with van der Waals surface area (Å²) in [4.78, 5) is 12.6. The van der Waals surface area contributed by atoms with Gasteiger partial charge in [-0.2, -0.15) is 0 Å². The normalized spacial score (nSPS) is 14.4. The lowest BCUT2D eigenvalue weighted by Crippen LogP contribution is -2.17. The van der Waals surface area contributed by atoms with Crippen molar-refractivity contribution in [2.45, 2.75) is 17.7 Å². The second-order valence-electron chi connectivity index (χ2n) is 7.33. The molecule has 1 heterocycles. The zero-order valence-electron chi connectivity index (χ0n) is 15.6. The zero-order valence-corrected chi connectivity index (χ0v) is 16.4. The van der Waals surface area contributed by atoms with Crippen LogP contribution in [0.25, 0.3) is 21.9 Å². The summed E-state index contributed by atoms with van der Waals surface area (Å²) < 4.78 is 45.3. The molecule has 0 amide bonds. The zero-order chi connectivity index (χ0) is 20.1. The number of hydrogen-bond donors (Lipinski definition) is 0. The van der Waals surface area contributed by atoms with Gasteiger partial charge in [-0.3, -0.25) is 4.79 Å². The number of pyridine rings is 1. The number of fused-ring (bicyclic) bond motifs is 1. The van der Waals surface area contributed by atoms with Crippen LogP contribution in [0.4, 0.5) is 4.39 Å². The molecule has 28 heavy (non-hydrogen) atoms. The molecule has 1 saturated carbocycles. The predicted octanol–water partition coefficient (Wildman–Crippen LogP) is 3.54. The summed E-state index contributed by atoms with van der Waals surface area (Å²) in [6.45, 7) is 0.559. The Morgan fingerprint density at radius 2 is 1.86 bits per heavy atom. The van der Waals surface area contributed by atoms with Crippen molar-refractivity contribution >= 4 is 20.6 Å². The maximum atomic E-state index is 13.7. The molecule has 0 saturated heterocycles. The topological polar surface area (TPSA) is 65.4 Å². The van der Waals surface area contributed by atoms with Crippen molar-refractivity contribution in [2.24, 2.45) is 13.0 Å². The Morgan fingerprint density at radius 1 is 1.11 bits per heavy atom. The van der Waals surface area contributed by atoms with Gasteiger partial charge in [0.15, 0.2) is 9.84 Å². The molecule has 0 unspecified atom stereocenters. The van der Waals surface area contributed by atoms with Crippen LogP contribution in [0.3, 0.4) is 0 Å². The molecule has 4 rings (SSSR count). The molecule has 5 nitrogen and oxygen atoms in total. The highest BCUT2D eigenvalue weighted by atomic mass is 32.2. The summed E-state index contributed by atoms with van der Waals surface area (Å²) in [6.07, 6.45) is 5.02. The van der Waals surface area contributed by atoms with Crippen molar-refractivity contribution in [1.82, 2.24) is 4.57 Å². The maximum absolute atomic E-state index is 13.7. The molecule has 0 bridgehead atoms. The Morgan fingerprint density at radius 3 is 2.54 bits per heavy atom. The minimum Gasteiger partial charge on any atom is -0.493 e. The Hall–Kier alpha value is -2.67. The van der Waals surface area contributed by atoms with E-state index in [4.69, 9.17) is 4.74 Å². The first-order valence-corrected chi connectivity index (χ1v) is 10.9. The van der Waals surface area contributed by atoms with Gasteiger partial charge in [0.05, 0.1) is 16.9 Å². The van der Waals surface area contributed by atoms with Gasteiger partial charge in [-0.15, -0.1) is 0 Å². The Labute approximate surface area is 162 Å². The average molecular weight is 401 g/mol. The third-order valence-electron chi connectivity index (χ3n) is 4.99. The quantitative estimate of drug-likeness (QED) is 0.656. The number of aryl methyl sites for hydroxylation is 1. The van der Waals surface area contributed by atoms with Crippen molar-refractivity contribution < 1.29 is 17.5 Å². The van der Waals surface area contributed by atoms with Gasteiger partial charge in [0.1, 0.15) is 11.6 Å². The molecule has 0 atom stereocenters. The number of benzene rings is 2. The molecule has 1 aliphatic carbocycles. The third kappa shape index (κ3) is 3.54. The SMILES string of the molecule is Cn1cc(-c2cc(S(C)(=O)=O)ccc2OCC2CC2)c2ccc(F)cc2c1=O. The summed E-state index contributed by atoms with van der Waals surface area (Å²) >= 11 is 0. The van der Waals surface area contributed by atoms with E-state index in [0.717, 1.165) is 19.1 Å². The third-order valence-corrected chi connectivity index (χ3v) is 6.10. The van der Waals surface area contributed by atoms with Crippen LogP contribution in [0.5, 0.6) is 5.75 Å². The van der Waals surface area contributed by atoms with E-state index < -0.39 is 15.7 Å². The number of sulfone groups is 1. The second kappa shape index (κ2) is 6.74. The molecule has 0 radical (unpaired) electrons. The fourth-order valence-electron chi connectivity index (χ4n) is 3.22. The lowest BCUT2D eigenvalue weighted by molar-refractivity contribution is 0.301. The summed E-state index contributed by atoms with van der Waals surface area (Å²) in [5, 5.41) is 0.782. The Bertz CT molecular complexity index is 1240. The maximum Gasteiger partial charge on any atom is 0.258 e. The highest BCUT2D eigenvalue weighted by molar-refractivity contribution is 7.90. The van der Waals surface area contributed by atoms with Crippen molar-refractivity contribution in [2.75, 3.05) is 12.9 Å². The van der Waals surface area contributed by atoms with Gasteiger partial charge in [0, 0.05) is 30.6 Å². The fourth-order valence-corrected chi connectivity index (χ4v) is 3.87. The molecule has 3 aromatic rings. The number of aromatic nitrogens is 1. The molecular formula is C21H20FNO4S. The van der Waals surface area contributed by atoms with Crippen LogP contribution < -0.4 is 10.3 Å². The number of hydrogen-bond acceptors (Lipinski definition) is 4. The van der Waals surface area contributed by atoms with Crippen molar-refractivity contribution in [1.29, 1.82) is 0 Å². The van der Waals surface area contributed by atoms with Crippen LogP contribution in [0.15, 0.2) is 52.3 Å². The highest BCUT2D eigenvalue weighted by Gasteiger charge is 2.23. The number of ether oxygens (including phenoxy) is 1.